The first-order valence-electron chi connectivity index (χ1n) is 18.0. The molecule has 0 fully saturated rings. The van der Waals surface area contributed by atoms with Crippen LogP contribution in [0.15, 0.2) is 185 Å². The molecule has 3 aromatic heterocycles. The lowest BCUT2D eigenvalue weighted by atomic mass is 9.94. The van der Waals surface area contributed by atoms with Gasteiger partial charge in [-0.05, 0) is 57.8 Å². The number of rotatable bonds is 5. The molecule has 11 aromatic rings. The van der Waals surface area contributed by atoms with Crippen molar-refractivity contribution in [3.8, 4) is 56.4 Å². The number of furan rings is 2. The Balaban J connectivity index is 1.19. The smallest absolute Gasteiger partial charge is 0.164 e. The molecule has 8 aromatic carbocycles. The van der Waals surface area contributed by atoms with Crippen molar-refractivity contribution in [3.63, 3.8) is 0 Å². The number of fused-ring (bicyclic) bond motifs is 8. The van der Waals surface area contributed by atoms with Gasteiger partial charge in [0.25, 0.3) is 0 Å². The predicted molar refractivity (Wildman–Crippen MR) is 219 cm³/mol. The van der Waals surface area contributed by atoms with Gasteiger partial charge in [-0.3, -0.25) is 0 Å². The third kappa shape index (κ3) is 4.90. The largest absolute Gasteiger partial charge is 0.456 e. The second-order valence-corrected chi connectivity index (χ2v) is 13.6. The molecule has 11 rings (SSSR count). The summed E-state index contributed by atoms with van der Waals surface area (Å²) in [5, 5.41) is 6.41. The predicted octanol–water partition coefficient (Wildman–Crippen LogP) is 13.2. The topological polar surface area (TPSA) is 65.0 Å². The van der Waals surface area contributed by atoms with Crippen molar-refractivity contribution < 1.29 is 8.83 Å². The van der Waals surface area contributed by atoms with Crippen LogP contribution in [0.4, 0.5) is 0 Å². The Bertz CT molecular complexity index is 3200. The van der Waals surface area contributed by atoms with E-state index in [0.717, 1.165) is 93.6 Å². The van der Waals surface area contributed by atoms with E-state index in [1.54, 1.807) is 0 Å². The van der Waals surface area contributed by atoms with Crippen molar-refractivity contribution >= 4 is 54.6 Å². The van der Waals surface area contributed by atoms with E-state index in [9.17, 15) is 0 Å². The maximum Gasteiger partial charge on any atom is 0.164 e. The number of para-hydroxylation sites is 2. The molecule has 54 heavy (non-hydrogen) atoms. The highest BCUT2D eigenvalue weighted by Gasteiger charge is 2.22. The summed E-state index contributed by atoms with van der Waals surface area (Å²) < 4.78 is 13.3. The number of hydrogen-bond acceptors (Lipinski definition) is 5. The molecule has 252 valence electrons. The Morgan fingerprint density at radius 1 is 0.315 bits per heavy atom. The second-order valence-electron chi connectivity index (χ2n) is 13.6. The monoisotopic (exact) mass is 691 g/mol. The lowest BCUT2D eigenvalue weighted by molar-refractivity contribution is 0.668. The van der Waals surface area contributed by atoms with Crippen molar-refractivity contribution in [2.45, 2.75) is 0 Å². The number of hydrogen-bond donors (Lipinski definition) is 0. The van der Waals surface area contributed by atoms with Crippen LogP contribution in [0.25, 0.3) is 111 Å². The molecular weight excluding hydrogens is 663 g/mol. The first kappa shape index (κ1) is 30.3. The molecule has 0 unspecified atom stereocenters. The van der Waals surface area contributed by atoms with Crippen LogP contribution < -0.4 is 0 Å². The van der Waals surface area contributed by atoms with Crippen LogP contribution in [-0.2, 0) is 0 Å². The third-order valence-corrected chi connectivity index (χ3v) is 10.3. The SMILES string of the molecule is c1ccc(-c2ccc(-c3nc(-c4ccccc4)nc(-c4cc(-c5cc6ccccc6c6c5oc5ccccc56)cc5oc6ccccc6c45)n3)cc2)cc1. The van der Waals surface area contributed by atoms with Gasteiger partial charge in [-0.1, -0.05) is 146 Å². The molecule has 0 saturated heterocycles. The molecule has 0 aliphatic heterocycles. The van der Waals surface area contributed by atoms with E-state index < -0.39 is 0 Å². The van der Waals surface area contributed by atoms with Gasteiger partial charge in [-0.2, -0.15) is 0 Å². The number of aromatic nitrogens is 3. The van der Waals surface area contributed by atoms with Crippen LogP contribution in [-0.4, -0.2) is 15.0 Å². The molecule has 3 heterocycles. The first-order chi connectivity index (χ1) is 26.7. The minimum absolute atomic E-state index is 0.561. The summed E-state index contributed by atoms with van der Waals surface area (Å²) in [5.41, 5.74) is 10.1. The van der Waals surface area contributed by atoms with Gasteiger partial charge < -0.3 is 8.83 Å². The van der Waals surface area contributed by atoms with Crippen molar-refractivity contribution in [1.29, 1.82) is 0 Å². The Hall–Kier alpha value is -7.37. The van der Waals surface area contributed by atoms with E-state index in [1.165, 1.54) is 0 Å². The van der Waals surface area contributed by atoms with Crippen molar-refractivity contribution in [1.82, 2.24) is 15.0 Å². The zero-order valence-electron chi connectivity index (χ0n) is 28.9. The summed E-state index contributed by atoms with van der Waals surface area (Å²) in [7, 11) is 0. The zero-order chi connectivity index (χ0) is 35.6. The highest BCUT2D eigenvalue weighted by Crippen LogP contribution is 2.45. The fourth-order valence-electron chi connectivity index (χ4n) is 7.76. The minimum Gasteiger partial charge on any atom is -0.456 e. The molecule has 5 heteroatoms. The summed E-state index contributed by atoms with van der Waals surface area (Å²) in [6.07, 6.45) is 0. The molecule has 0 spiro atoms. The maximum atomic E-state index is 6.69. The van der Waals surface area contributed by atoms with Gasteiger partial charge in [0.1, 0.15) is 22.3 Å². The fraction of sp³-hybridized carbons (Fsp3) is 0. The molecule has 0 aliphatic rings. The molecule has 0 atom stereocenters. The summed E-state index contributed by atoms with van der Waals surface area (Å²) in [6, 6.07) is 60.3. The maximum absolute atomic E-state index is 6.69. The molecular formula is C49H29N3O2. The van der Waals surface area contributed by atoms with E-state index in [0.29, 0.717) is 17.5 Å². The number of benzene rings is 8. The Kier molecular flexibility index (Phi) is 6.79. The highest BCUT2D eigenvalue weighted by atomic mass is 16.3. The molecule has 0 amide bonds. The lowest BCUT2D eigenvalue weighted by Gasteiger charge is -2.12. The highest BCUT2D eigenvalue weighted by molar-refractivity contribution is 6.23. The van der Waals surface area contributed by atoms with Crippen LogP contribution >= 0.6 is 0 Å². The van der Waals surface area contributed by atoms with E-state index in [4.69, 9.17) is 23.8 Å². The Labute approximate surface area is 309 Å². The van der Waals surface area contributed by atoms with Crippen molar-refractivity contribution in [2.75, 3.05) is 0 Å². The molecule has 5 nitrogen and oxygen atoms in total. The lowest BCUT2D eigenvalue weighted by Crippen LogP contribution is -2.00. The normalized spacial score (nSPS) is 11.7. The summed E-state index contributed by atoms with van der Waals surface area (Å²) in [5.74, 6) is 1.75. The van der Waals surface area contributed by atoms with Gasteiger partial charge in [-0.15, -0.1) is 0 Å². The van der Waals surface area contributed by atoms with E-state index in [-0.39, 0.29) is 0 Å². The fourth-order valence-corrected chi connectivity index (χ4v) is 7.76. The average Bonchev–Trinajstić information content (AvgIpc) is 3.83. The third-order valence-electron chi connectivity index (χ3n) is 10.3. The summed E-state index contributed by atoms with van der Waals surface area (Å²) >= 11 is 0. The van der Waals surface area contributed by atoms with Crippen LogP contribution in [0.3, 0.4) is 0 Å². The molecule has 0 saturated carbocycles. The first-order valence-corrected chi connectivity index (χ1v) is 18.0. The van der Waals surface area contributed by atoms with Gasteiger partial charge in [0.2, 0.25) is 0 Å². The standard InChI is InChI=1S/C49H29N3O2/c1-3-13-30(14-4-1)31-23-25-33(26-24-31)48-50-47(32-15-5-2-6-16-32)51-49(52-48)40-28-35(29-43-44(40)37-19-9-11-21-41(37)53-43)39-27-34-17-7-8-18-36(34)45-38-20-10-12-22-42(38)54-46(39)45/h1-29H. The molecule has 0 radical (unpaired) electrons. The van der Waals surface area contributed by atoms with E-state index in [2.05, 4.69) is 109 Å². The Morgan fingerprint density at radius 3 is 1.56 bits per heavy atom. The minimum atomic E-state index is 0.561. The molecule has 0 bridgehead atoms. The molecule has 0 aliphatic carbocycles. The van der Waals surface area contributed by atoms with Gasteiger partial charge in [0.05, 0.1) is 0 Å². The quantitative estimate of drug-likeness (QED) is 0.180. The van der Waals surface area contributed by atoms with E-state index in [1.807, 2.05) is 66.7 Å². The number of nitrogens with zero attached hydrogens (tertiary/aromatic N) is 3. The van der Waals surface area contributed by atoms with Gasteiger partial charge in [0, 0.05) is 43.8 Å². The molecule has 0 N–H and O–H groups in total. The van der Waals surface area contributed by atoms with Gasteiger partial charge in [-0.25, -0.2) is 15.0 Å². The van der Waals surface area contributed by atoms with Crippen molar-refractivity contribution in [2.24, 2.45) is 0 Å². The second kappa shape index (κ2) is 12.1. The van der Waals surface area contributed by atoms with E-state index >= 15 is 0 Å². The van der Waals surface area contributed by atoms with Crippen molar-refractivity contribution in [3.05, 3.63) is 176 Å². The van der Waals surface area contributed by atoms with Crippen LogP contribution in [0.2, 0.25) is 0 Å². The van der Waals surface area contributed by atoms with Gasteiger partial charge in [0.15, 0.2) is 17.5 Å². The van der Waals surface area contributed by atoms with Gasteiger partial charge >= 0.3 is 0 Å². The van der Waals surface area contributed by atoms with Crippen LogP contribution in [0, 0.1) is 0 Å². The average molecular weight is 692 g/mol. The summed E-state index contributed by atoms with van der Waals surface area (Å²) in [4.78, 5) is 15.5. The van der Waals surface area contributed by atoms with Crippen LogP contribution in [0.1, 0.15) is 0 Å². The zero-order valence-corrected chi connectivity index (χ0v) is 28.9. The van der Waals surface area contributed by atoms with Crippen LogP contribution in [0.5, 0.6) is 0 Å². The Morgan fingerprint density at radius 2 is 0.833 bits per heavy atom. The summed E-state index contributed by atoms with van der Waals surface area (Å²) in [6.45, 7) is 0.